The molecule has 0 unspecified atom stereocenters. The van der Waals surface area contributed by atoms with E-state index in [1.165, 1.54) is 12.3 Å². The predicted molar refractivity (Wildman–Crippen MR) is 92.0 cm³/mol. The summed E-state index contributed by atoms with van der Waals surface area (Å²) in [5, 5.41) is 9.20. The van der Waals surface area contributed by atoms with Crippen molar-refractivity contribution in [2.75, 3.05) is 0 Å². The fraction of sp³-hybridized carbons (Fsp3) is 0.235. The average molecular weight is 376 g/mol. The first-order valence-corrected chi connectivity index (χ1v) is 9.56. The van der Waals surface area contributed by atoms with Gasteiger partial charge in [-0.15, -0.1) is 0 Å². The molecule has 0 radical (unpaired) electrons. The van der Waals surface area contributed by atoms with Gasteiger partial charge in [0.1, 0.15) is 5.15 Å². The molecule has 1 heterocycles. The van der Waals surface area contributed by atoms with E-state index in [4.69, 9.17) is 16.9 Å². The average Bonchev–Trinajstić information content (AvgIpc) is 3.37. The maximum absolute atomic E-state index is 12.2. The van der Waals surface area contributed by atoms with Crippen molar-refractivity contribution >= 4 is 27.5 Å². The molecule has 3 rings (SSSR count). The highest BCUT2D eigenvalue weighted by atomic mass is 35.5. The van der Waals surface area contributed by atoms with E-state index in [0.717, 1.165) is 5.56 Å². The second kappa shape index (κ2) is 6.82. The number of nitrogens with one attached hydrogen (secondary N) is 1. The molecule has 6 nitrogen and oxygen atoms in total. The summed E-state index contributed by atoms with van der Waals surface area (Å²) in [7, 11) is -3.81. The van der Waals surface area contributed by atoms with Crippen LogP contribution in [0.5, 0.6) is 0 Å². The zero-order valence-electron chi connectivity index (χ0n) is 13.0. The number of hydrogen-bond donors (Lipinski definition) is 1. The minimum absolute atomic E-state index is 0.0549. The van der Waals surface area contributed by atoms with Crippen LogP contribution in [0.15, 0.2) is 42.6 Å². The van der Waals surface area contributed by atoms with Crippen LogP contribution in [-0.4, -0.2) is 19.3 Å². The van der Waals surface area contributed by atoms with Gasteiger partial charge in [-0.05, 0) is 41.7 Å². The van der Waals surface area contributed by atoms with Gasteiger partial charge >= 0.3 is 0 Å². The first kappa shape index (κ1) is 17.4. The predicted octanol–water partition coefficient (Wildman–Crippen LogP) is 2.36. The number of sulfonamides is 1. The summed E-state index contributed by atoms with van der Waals surface area (Å²) in [6.45, 7) is 0. The monoisotopic (exact) mass is 375 g/mol. The molecule has 0 saturated heterocycles. The van der Waals surface area contributed by atoms with E-state index in [-0.39, 0.29) is 16.8 Å². The van der Waals surface area contributed by atoms with E-state index in [2.05, 4.69) is 15.8 Å². The molecule has 25 heavy (non-hydrogen) atoms. The molecule has 1 aromatic heterocycles. The van der Waals surface area contributed by atoms with Crippen LogP contribution in [0.4, 0.5) is 0 Å². The Hall–Kier alpha value is -2.43. The van der Waals surface area contributed by atoms with Gasteiger partial charge in [0.05, 0.1) is 17.4 Å². The standard InChI is InChI=1S/C17H14ClN3O3S/c18-16-5-4-12(9-20-16)10-25(23,24)21-17(22)15-7-14(15)13-3-1-2-11(6-13)8-19/h1-6,9,14-15H,7,10H2,(H,21,22)/t14-,15+/m0/s1. The normalized spacial score (nSPS) is 19.0. The number of nitrogens with zero attached hydrogens (tertiary/aromatic N) is 2. The Morgan fingerprint density at radius 3 is 2.84 bits per heavy atom. The van der Waals surface area contributed by atoms with Crippen LogP contribution in [0, 0.1) is 17.2 Å². The fourth-order valence-electron chi connectivity index (χ4n) is 2.67. The molecular formula is C17H14ClN3O3S. The number of amides is 1. The number of rotatable bonds is 5. The molecule has 2 atom stereocenters. The Morgan fingerprint density at radius 1 is 1.36 bits per heavy atom. The van der Waals surface area contributed by atoms with Crippen LogP contribution < -0.4 is 4.72 Å². The third kappa shape index (κ3) is 4.35. The molecular weight excluding hydrogens is 362 g/mol. The minimum Gasteiger partial charge on any atom is -0.274 e. The summed E-state index contributed by atoms with van der Waals surface area (Å²) in [4.78, 5) is 16.0. The highest BCUT2D eigenvalue weighted by Crippen LogP contribution is 2.47. The van der Waals surface area contributed by atoms with Gasteiger partial charge < -0.3 is 0 Å². The molecule has 0 aliphatic heterocycles. The largest absolute Gasteiger partial charge is 0.274 e. The molecule has 1 aliphatic rings. The van der Waals surface area contributed by atoms with Crippen molar-refractivity contribution < 1.29 is 13.2 Å². The van der Waals surface area contributed by atoms with Crippen molar-refractivity contribution in [2.24, 2.45) is 5.92 Å². The van der Waals surface area contributed by atoms with Crippen LogP contribution in [0.3, 0.4) is 0 Å². The number of benzene rings is 1. The topological polar surface area (TPSA) is 99.9 Å². The van der Waals surface area contributed by atoms with Crippen LogP contribution in [0.1, 0.15) is 29.0 Å². The van der Waals surface area contributed by atoms with Gasteiger partial charge in [0, 0.05) is 12.1 Å². The quantitative estimate of drug-likeness (QED) is 0.808. The SMILES string of the molecule is N#Cc1cccc([C@@H]2C[C@H]2C(=O)NS(=O)(=O)Cc2ccc(Cl)nc2)c1. The molecule has 1 N–H and O–H groups in total. The molecule has 1 aromatic carbocycles. The van der Waals surface area contributed by atoms with Crippen molar-refractivity contribution in [3.05, 3.63) is 64.4 Å². The molecule has 2 aromatic rings. The summed E-state index contributed by atoms with van der Waals surface area (Å²) in [5.74, 6) is -1.31. The Morgan fingerprint density at radius 2 is 2.16 bits per heavy atom. The van der Waals surface area contributed by atoms with Gasteiger partial charge in [-0.25, -0.2) is 13.4 Å². The van der Waals surface area contributed by atoms with Crippen molar-refractivity contribution in [2.45, 2.75) is 18.1 Å². The number of carbonyl (C=O) groups is 1. The van der Waals surface area contributed by atoms with E-state index < -0.39 is 21.8 Å². The van der Waals surface area contributed by atoms with Gasteiger partial charge in [-0.2, -0.15) is 5.26 Å². The lowest BCUT2D eigenvalue weighted by atomic mass is 10.1. The maximum Gasteiger partial charge on any atom is 0.239 e. The smallest absolute Gasteiger partial charge is 0.239 e. The molecule has 1 aliphatic carbocycles. The van der Waals surface area contributed by atoms with Gasteiger partial charge in [0.25, 0.3) is 0 Å². The second-order valence-electron chi connectivity index (χ2n) is 5.90. The zero-order valence-corrected chi connectivity index (χ0v) is 14.6. The highest BCUT2D eigenvalue weighted by molar-refractivity contribution is 7.89. The summed E-state index contributed by atoms with van der Waals surface area (Å²) >= 11 is 5.66. The Kier molecular flexibility index (Phi) is 4.75. The van der Waals surface area contributed by atoms with E-state index in [1.54, 1.807) is 24.3 Å². The Balaban J connectivity index is 1.62. The third-order valence-electron chi connectivity index (χ3n) is 3.97. The van der Waals surface area contributed by atoms with Crippen molar-refractivity contribution in [1.29, 1.82) is 5.26 Å². The van der Waals surface area contributed by atoms with E-state index in [0.29, 0.717) is 17.5 Å². The number of halogens is 1. The summed E-state index contributed by atoms with van der Waals surface area (Å²) < 4.78 is 26.4. The van der Waals surface area contributed by atoms with E-state index in [9.17, 15) is 13.2 Å². The number of carbonyl (C=O) groups excluding carboxylic acids is 1. The van der Waals surface area contributed by atoms with Crippen molar-refractivity contribution in [1.82, 2.24) is 9.71 Å². The van der Waals surface area contributed by atoms with Gasteiger partial charge in [0.2, 0.25) is 15.9 Å². The molecule has 0 bridgehead atoms. The lowest BCUT2D eigenvalue weighted by Gasteiger charge is -2.07. The second-order valence-corrected chi connectivity index (χ2v) is 8.01. The van der Waals surface area contributed by atoms with Crippen molar-refractivity contribution in [3.63, 3.8) is 0 Å². The molecule has 0 spiro atoms. The molecule has 1 saturated carbocycles. The Bertz CT molecular complexity index is 952. The van der Waals surface area contributed by atoms with Gasteiger partial charge in [0.15, 0.2) is 0 Å². The number of aromatic nitrogens is 1. The zero-order chi connectivity index (χ0) is 18.0. The van der Waals surface area contributed by atoms with E-state index in [1.807, 2.05) is 6.07 Å². The fourth-order valence-corrected chi connectivity index (χ4v) is 3.92. The maximum atomic E-state index is 12.2. The summed E-state index contributed by atoms with van der Waals surface area (Å²) in [5.41, 5.74) is 1.84. The minimum atomic E-state index is -3.81. The van der Waals surface area contributed by atoms with Crippen LogP contribution in [0.25, 0.3) is 0 Å². The third-order valence-corrected chi connectivity index (χ3v) is 5.42. The van der Waals surface area contributed by atoms with Crippen LogP contribution in [0.2, 0.25) is 5.15 Å². The molecule has 1 fully saturated rings. The summed E-state index contributed by atoms with van der Waals surface area (Å²) in [6.07, 6.45) is 1.93. The molecule has 128 valence electrons. The van der Waals surface area contributed by atoms with E-state index >= 15 is 0 Å². The number of nitriles is 1. The van der Waals surface area contributed by atoms with Gasteiger partial charge in [-0.1, -0.05) is 29.8 Å². The Labute approximate surface area is 150 Å². The van der Waals surface area contributed by atoms with Crippen LogP contribution in [-0.2, 0) is 20.6 Å². The molecule has 1 amide bonds. The lowest BCUT2D eigenvalue weighted by molar-refractivity contribution is -0.120. The first-order valence-electron chi connectivity index (χ1n) is 7.53. The van der Waals surface area contributed by atoms with Crippen molar-refractivity contribution in [3.8, 4) is 6.07 Å². The summed E-state index contributed by atoms with van der Waals surface area (Å²) in [6, 6.07) is 12.1. The number of pyridine rings is 1. The first-order chi connectivity index (χ1) is 11.9. The lowest BCUT2D eigenvalue weighted by Crippen LogP contribution is -2.33. The number of hydrogen-bond acceptors (Lipinski definition) is 5. The highest BCUT2D eigenvalue weighted by Gasteiger charge is 2.45. The van der Waals surface area contributed by atoms with Crippen LogP contribution >= 0.6 is 11.6 Å². The van der Waals surface area contributed by atoms with Gasteiger partial charge in [-0.3, -0.25) is 9.52 Å². The molecule has 8 heteroatoms.